The maximum atomic E-state index is 14.1. The molecule has 4 amide bonds. The van der Waals surface area contributed by atoms with E-state index < -0.39 is 60.2 Å². The maximum Gasteiger partial charge on any atom is 0.326 e. The molecule has 1 heterocycles. The number of rotatable bonds is 21. The van der Waals surface area contributed by atoms with Crippen molar-refractivity contribution in [3.63, 3.8) is 0 Å². The summed E-state index contributed by atoms with van der Waals surface area (Å²) < 4.78 is 11.9. The quantitative estimate of drug-likeness (QED) is 0.148. The molecule has 1 aromatic rings. The van der Waals surface area contributed by atoms with Crippen molar-refractivity contribution in [2.45, 2.75) is 130 Å². The number of hydrogen-bond donors (Lipinski definition) is 4. The summed E-state index contributed by atoms with van der Waals surface area (Å²) in [5.41, 5.74) is 1.84. The van der Waals surface area contributed by atoms with E-state index in [4.69, 9.17) is 9.47 Å². The summed E-state index contributed by atoms with van der Waals surface area (Å²) in [7, 11) is 6.46. The topological polar surface area (TPSA) is 167 Å². The summed E-state index contributed by atoms with van der Waals surface area (Å²) >= 11 is 0. The molecule has 2 rings (SSSR count). The van der Waals surface area contributed by atoms with Crippen LogP contribution in [0.5, 0.6) is 0 Å². The molecule has 0 bridgehead atoms. The third kappa shape index (κ3) is 12.2. The Bertz CT molecular complexity index is 1350. The first-order valence-electron chi connectivity index (χ1n) is 19.1. The van der Waals surface area contributed by atoms with Crippen LogP contribution in [0.4, 0.5) is 0 Å². The molecule has 0 spiro atoms. The fourth-order valence-electron chi connectivity index (χ4n) is 7.51. The van der Waals surface area contributed by atoms with Crippen LogP contribution in [0.15, 0.2) is 24.3 Å². The number of carbonyl (C=O) groups is 5. The zero-order valence-corrected chi connectivity index (χ0v) is 34.1. The average Bonchev–Trinajstić information content (AvgIpc) is 3.60. The van der Waals surface area contributed by atoms with Crippen LogP contribution in [0.2, 0.25) is 0 Å². The highest BCUT2D eigenvalue weighted by molar-refractivity contribution is 5.90. The normalized spacial score (nSPS) is 19.1. The second-order valence-electron chi connectivity index (χ2n) is 15.4. The number of ether oxygens (including phenoxy) is 2. The maximum absolute atomic E-state index is 14.1. The summed E-state index contributed by atoms with van der Waals surface area (Å²) in [6.45, 7) is 15.8. The van der Waals surface area contributed by atoms with Gasteiger partial charge in [0, 0.05) is 34.2 Å². The van der Waals surface area contributed by atoms with E-state index in [0.29, 0.717) is 19.4 Å². The Morgan fingerprint density at radius 2 is 1.53 bits per heavy atom. The molecule has 0 radical (unpaired) electrons. The fraction of sp³-hybridized carbons (Fsp3) is 0.725. The summed E-state index contributed by atoms with van der Waals surface area (Å²) in [4.78, 5) is 70.5. The van der Waals surface area contributed by atoms with Crippen LogP contribution in [0, 0.1) is 30.6 Å². The lowest BCUT2D eigenvalue weighted by Crippen LogP contribution is -2.59. The molecule has 1 aliphatic rings. The van der Waals surface area contributed by atoms with Crippen LogP contribution in [0.3, 0.4) is 0 Å². The Morgan fingerprint density at radius 3 is 2.02 bits per heavy atom. The number of hydrogen-bond acceptors (Lipinski definition) is 8. The number of nitrogens with one attached hydrogen (secondary N) is 3. The number of methoxy groups -OCH3 is 2. The van der Waals surface area contributed by atoms with E-state index >= 15 is 0 Å². The number of carbonyl (C=O) groups excluding carboxylic acids is 4. The highest BCUT2D eigenvalue weighted by Gasteiger charge is 2.43. The minimum Gasteiger partial charge on any atom is -0.480 e. The van der Waals surface area contributed by atoms with Crippen LogP contribution in [0.25, 0.3) is 0 Å². The predicted octanol–water partition coefficient (Wildman–Crippen LogP) is 3.41. The number of amides is 4. The molecule has 53 heavy (non-hydrogen) atoms. The number of benzene rings is 1. The van der Waals surface area contributed by atoms with E-state index in [0.717, 1.165) is 17.5 Å². The summed E-state index contributed by atoms with van der Waals surface area (Å²) in [5, 5.41) is 18.6. The number of carboxylic acid groups (broad SMARTS) is 1. The minimum absolute atomic E-state index is 0.0117. The van der Waals surface area contributed by atoms with E-state index in [-0.39, 0.29) is 48.3 Å². The van der Waals surface area contributed by atoms with Crippen LogP contribution in [-0.4, -0.2) is 122 Å². The molecule has 1 aromatic carbocycles. The van der Waals surface area contributed by atoms with Crippen molar-refractivity contribution in [1.82, 2.24) is 25.8 Å². The standard InChI is InChI=1S/C40H67N5O8/c1-13-26(7)35(44(10)39(49)34(24(4)5)43-38(48)33(41-9)23(2)3)31(52-11)22-32(46)45-20-14-15-30(45)36(53-12)27(8)37(47)42-29(40(50)51)21-28-18-16-25(6)17-19-28/h16-19,23-24,26-27,29-31,33-36,41H,13-15,20-22H2,1-12H3,(H,42,47)(H,43,48)(H,50,51)/t26-,27+,29-,30-,31+,33-,34-,35-,36+/m0/s1. The van der Waals surface area contributed by atoms with Gasteiger partial charge in [-0.05, 0) is 50.1 Å². The largest absolute Gasteiger partial charge is 0.480 e. The number of nitrogens with zero attached hydrogens (tertiary/aromatic N) is 2. The number of aryl methyl sites for hydroxylation is 1. The van der Waals surface area contributed by atoms with Crippen molar-refractivity contribution in [3.05, 3.63) is 35.4 Å². The molecular weight excluding hydrogens is 678 g/mol. The van der Waals surface area contributed by atoms with E-state index in [1.54, 1.807) is 30.8 Å². The Hall–Kier alpha value is -3.55. The lowest BCUT2D eigenvalue weighted by atomic mass is 9.89. The van der Waals surface area contributed by atoms with Crippen molar-refractivity contribution in [2.75, 3.05) is 34.9 Å². The second kappa shape index (κ2) is 21.4. The Morgan fingerprint density at radius 1 is 0.925 bits per heavy atom. The van der Waals surface area contributed by atoms with Crippen LogP contribution < -0.4 is 16.0 Å². The smallest absolute Gasteiger partial charge is 0.326 e. The van der Waals surface area contributed by atoms with E-state index in [1.165, 1.54) is 14.2 Å². The van der Waals surface area contributed by atoms with Gasteiger partial charge >= 0.3 is 5.97 Å². The molecule has 9 atom stereocenters. The molecular formula is C40H67N5O8. The van der Waals surface area contributed by atoms with Gasteiger partial charge in [-0.3, -0.25) is 19.2 Å². The van der Waals surface area contributed by atoms with Crippen molar-refractivity contribution in [3.8, 4) is 0 Å². The SMILES string of the molecule is CC[C@H](C)[C@@H]([C@@H](CC(=O)N1CCC[C@H]1[C@H](OC)[C@@H](C)C(=O)N[C@@H](Cc1ccc(C)cc1)C(=O)O)OC)N(C)C(=O)[C@@H](NC(=O)[C@@H](NC)C(C)C)C(C)C. The first-order valence-corrected chi connectivity index (χ1v) is 19.1. The Labute approximate surface area is 317 Å². The minimum atomic E-state index is -1.14. The van der Waals surface area contributed by atoms with Gasteiger partial charge in [0.2, 0.25) is 23.6 Å². The summed E-state index contributed by atoms with van der Waals surface area (Å²) in [5.74, 6) is -3.27. The number of aliphatic carboxylic acids is 1. The molecule has 13 heteroatoms. The zero-order valence-electron chi connectivity index (χ0n) is 34.1. The van der Waals surface area contributed by atoms with Gasteiger partial charge in [0.1, 0.15) is 12.1 Å². The number of carboxylic acids is 1. The first-order chi connectivity index (χ1) is 24.9. The van der Waals surface area contributed by atoms with E-state index in [9.17, 15) is 29.1 Å². The van der Waals surface area contributed by atoms with Crippen molar-refractivity contribution < 1.29 is 38.6 Å². The van der Waals surface area contributed by atoms with Crippen LogP contribution in [-0.2, 0) is 39.9 Å². The average molecular weight is 746 g/mol. The van der Waals surface area contributed by atoms with Gasteiger partial charge in [-0.1, -0.05) is 84.7 Å². The summed E-state index contributed by atoms with van der Waals surface area (Å²) in [6.07, 6.45) is 0.812. The Balaban J connectivity index is 2.26. The van der Waals surface area contributed by atoms with Crippen LogP contribution in [0.1, 0.15) is 85.3 Å². The third-order valence-corrected chi connectivity index (χ3v) is 10.9. The number of likely N-dealkylation sites (N-methyl/N-ethyl adjacent to an activating group) is 2. The van der Waals surface area contributed by atoms with Gasteiger partial charge < -0.3 is 40.3 Å². The van der Waals surface area contributed by atoms with E-state index in [1.807, 2.05) is 72.7 Å². The molecule has 0 aromatic heterocycles. The molecule has 0 saturated carbocycles. The molecule has 1 fully saturated rings. The predicted molar refractivity (Wildman–Crippen MR) is 205 cm³/mol. The van der Waals surface area contributed by atoms with Gasteiger partial charge in [0.25, 0.3) is 0 Å². The fourth-order valence-corrected chi connectivity index (χ4v) is 7.51. The number of likely N-dealkylation sites (tertiary alicyclic amines) is 1. The molecule has 0 unspecified atom stereocenters. The molecule has 0 aliphatic carbocycles. The molecule has 4 N–H and O–H groups in total. The van der Waals surface area contributed by atoms with Gasteiger partial charge in [0.05, 0.1) is 42.7 Å². The van der Waals surface area contributed by atoms with Crippen LogP contribution >= 0.6 is 0 Å². The van der Waals surface area contributed by atoms with Crippen molar-refractivity contribution >= 4 is 29.6 Å². The lowest BCUT2D eigenvalue weighted by molar-refractivity contribution is -0.148. The molecule has 1 aliphatic heterocycles. The monoisotopic (exact) mass is 745 g/mol. The summed E-state index contributed by atoms with van der Waals surface area (Å²) in [6, 6.07) is 4.23. The third-order valence-electron chi connectivity index (χ3n) is 10.9. The van der Waals surface area contributed by atoms with Gasteiger partial charge in [-0.25, -0.2) is 4.79 Å². The molecule has 13 nitrogen and oxygen atoms in total. The Kier molecular flexibility index (Phi) is 18.4. The van der Waals surface area contributed by atoms with E-state index in [2.05, 4.69) is 16.0 Å². The van der Waals surface area contributed by atoms with Gasteiger partial charge in [-0.2, -0.15) is 0 Å². The first kappa shape index (κ1) is 45.6. The highest BCUT2D eigenvalue weighted by atomic mass is 16.5. The van der Waals surface area contributed by atoms with Crippen molar-refractivity contribution in [2.24, 2.45) is 23.7 Å². The van der Waals surface area contributed by atoms with Gasteiger partial charge in [-0.15, -0.1) is 0 Å². The lowest BCUT2D eigenvalue weighted by Gasteiger charge is -2.41. The zero-order chi connectivity index (χ0) is 40.2. The highest BCUT2D eigenvalue weighted by Crippen LogP contribution is 2.30. The van der Waals surface area contributed by atoms with Gasteiger partial charge in [0.15, 0.2) is 0 Å². The molecule has 1 saturated heterocycles. The molecule has 300 valence electrons. The van der Waals surface area contributed by atoms with Crippen molar-refractivity contribution in [1.29, 1.82) is 0 Å². The second-order valence-corrected chi connectivity index (χ2v) is 15.4.